The second kappa shape index (κ2) is 3.58. The Bertz CT molecular complexity index is 422. The van der Waals surface area contributed by atoms with Crippen molar-refractivity contribution in [1.82, 2.24) is 0 Å². The summed E-state index contributed by atoms with van der Waals surface area (Å²) in [5, 5.41) is 0.821. The Hall–Kier alpha value is -0.380. The molecule has 3 rings (SSSR count). The molecule has 80 valence electrons. The van der Waals surface area contributed by atoms with E-state index in [1.54, 1.807) is 0 Å². The molecule has 4 heteroatoms. The predicted molar refractivity (Wildman–Crippen MR) is 63.7 cm³/mol. The number of hydrogen-bond donors (Lipinski definition) is 1. The lowest BCUT2D eigenvalue weighted by Gasteiger charge is -2.24. The van der Waals surface area contributed by atoms with Crippen LogP contribution in [-0.2, 0) is 12.2 Å². The summed E-state index contributed by atoms with van der Waals surface area (Å²) < 4.78 is 5.67. The standard InChI is InChI=1S/C11H12ClNOS/c12-8-3-6-1-2-14-11(6)7-4-15-5-9(13)10(7)8/h3,9H,1-2,4-5,13H2/t9-/m0/s1. The van der Waals surface area contributed by atoms with Gasteiger partial charge in [-0.05, 0) is 17.2 Å². The summed E-state index contributed by atoms with van der Waals surface area (Å²) in [5.74, 6) is 2.98. The fourth-order valence-corrected chi connectivity index (χ4v) is 3.72. The van der Waals surface area contributed by atoms with Gasteiger partial charge in [-0.25, -0.2) is 0 Å². The molecule has 2 heterocycles. The van der Waals surface area contributed by atoms with E-state index in [4.69, 9.17) is 22.1 Å². The first-order valence-corrected chi connectivity index (χ1v) is 6.61. The Morgan fingerprint density at radius 2 is 2.40 bits per heavy atom. The third-order valence-electron chi connectivity index (χ3n) is 2.98. The van der Waals surface area contributed by atoms with Gasteiger partial charge in [-0.3, -0.25) is 0 Å². The van der Waals surface area contributed by atoms with Crippen LogP contribution in [0, 0.1) is 0 Å². The molecule has 2 aliphatic rings. The van der Waals surface area contributed by atoms with Crippen LogP contribution in [0.2, 0.25) is 5.02 Å². The lowest BCUT2D eigenvalue weighted by atomic mass is 9.98. The zero-order valence-electron chi connectivity index (χ0n) is 8.25. The highest BCUT2D eigenvalue weighted by Gasteiger charge is 2.27. The normalized spacial score (nSPS) is 23.2. The van der Waals surface area contributed by atoms with Gasteiger partial charge < -0.3 is 10.5 Å². The summed E-state index contributed by atoms with van der Waals surface area (Å²) in [5.41, 5.74) is 9.67. The molecule has 2 aliphatic heterocycles. The molecule has 1 aromatic carbocycles. The summed E-state index contributed by atoms with van der Waals surface area (Å²) >= 11 is 8.13. The quantitative estimate of drug-likeness (QED) is 0.758. The third kappa shape index (κ3) is 1.45. The van der Waals surface area contributed by atoms with Crippen LogP contribution in [-0.4, -0.2) is 12.4 Å². The van der Waals surface area contributed by atoms with E-state index < -0.39 is 0 Å². The fourth-order valence-electron chi connectivity index (χ4n) is 2.30. The van der Waals surface area contributed by atoms with Gasteiger partial charge in [0.1, 0.15) is 5.75 Å². The Morgan fingerprint density at radius 1 is 1.53 bits per heavy atom. The van der Waals surface area contributed by atoms with E-state index in [9.17, 15) is 0 Å². The number of halogens is 1. The number of benzene rings is 1. The topological polar surface area (TPSA) is 35.2 Å². The van der Waals surface area contributed by atoms with Crippen molar-refractivity contribution in [2.24, 2.45) is 5.73 Å². The summed E-state index contributed by atoms with van der Waals surface area (Å²) in [6.45, 7) is 0.780. The smallest absolute Gasteiger partial charge is 0.127 e. The molecule has 1 atom stereocenters. The monoisotopic (exact) mass is 241 g/mol. The van der Waals surface area contributed by atoms with Gasteiger partial charge in [0.2, 0.25) is 0 Å². The van der Waals surface area contributed by atoms with E-state index in [0.717, 1.165) is 40.9 Å². The first-order chi connectivity index (χ1) is 7.27. The van der Waals surface area contributed by atoms with Crippen molar-refractivity contribution < 1.29 is 4.74 Å². The average molecular weight is 242 g/mol. The van der Waals surface area contributed by atoms with E-state index in [-0.39, 0.29) is 6.04 Å². The number of rotatable bonds is 0. The van der Waals surface area contributed by atoms with Crippen molar-refractivity contribution in [3.8, 4) is 5.75 Å². The summed E-state index contributed by atoms with van der Waals surface area (Å²) in [6.07, 6.45) is 0.974. The zero-order chi connectivity index (χ0) is 10.4. The Labute approximate surface area is 98.1 Å². The van der Waals surface area contributed by atoms with Crippen LogP contribution in [0.3, 0.4) is 0 Å². The van der Waals surface area contributed by atoms with E-state index in [0.29, 0.717) is 0 Å². The highest BCUT2D eigenvalue weighted by molar-refractivity contribution is 7.98. The average Bonchev–Trinajstić information content (AvgIpc) is 2.65. The largest absolute Gasteiger partial charge is 0.493 e. The zero-order valence-corrected chi connectivity index (χ0v) is 9.83. The minimum absolute atomic E-state index is 0.0562. The molecule has 1 aromatic rings. The fraction of sp³-hybridized carbons (Fsp3) is 0.455. The number of nitrogens with two attached hydrogens (primary N) is 1. The summed E-state index contributed by atoms with van der Waals surface area (Å²) in [7, 11) is 0. The minimum atomic E-state index is 0.0562. The van der Waals surface area contributed by atoms with Crippen molar-refractivity contribution in [2.45, 2.75) is 18.2 Å². The first kappa shape index (κ1) is 9.82. The van der Waals surface area contributed by atoms with Crippen molar-refractivity contribution in [3.63, 3.8) is 0 Å². The number of hydrogen-bond acceptors (Lipinski definition) is 3. The van der Waals surface area contributed by atoms with Crippen LogP contribution < -0.4 is 10.5 Å². The summed E-state index contributed by atoms with van der Waals surface area (Å²) in [6, 6.07) is 2.08. The summed E-state index contributed by atoms with van der Waals surface area (Å²) in [4.78, 5) is 0. The van der Waals surface area contributed by atoms with Gasteiger partial charge in [-0.1, -0.05) is 11.6 Å². The molecule has 0 bridgehead atoms. The van der Waals surface area contributed by atoms with Gasteiger partial charge in [0.05, 0.1) is 6.61 Å². The van der Waals surface area contributed by atoms with Gasteiger partial charge >= 0.3 is 0 Å². The lowest BCUT2D eigenvalue weighted by Crippen LogP contribution is -2.20. The molecule has 0 amide bonds. The van der Waals surface area contributed by atoms with Crippen molar-refractivity contribution >= 4 is 23.4 Å². The molecule has 0 aromatic heterocycles. The number of thioether (sulfide) groups is 1. The van der Waals surface area contributed by atoms with E-state index >= 15 is 0 Å². The lowest BCUT2D eigenvalue weighted by molar-refractivity contribution is 0.353. The van der Waals surface area contributed by atoms with Crippen LogP contribution in [0.15, 0.2) is 6.07 Å². The molecule has 0 spiro atoms. The Balaban J connectivity index is 2.24. The molecule has 0 unspecified atom stereocenters. The van der Waals surface area contributed by atoms with Crippen LogP contribution in [0.25, 0.3) is 0 Å². The van der Waals surface area contributed by atoms with Gasteiger partial charge in [0.25, 0.3) is 0 Å². The second-order valence-electron chi connectivity index (χ2n) is 3.96. The molecule has 0 saturated heterocycles. The molecule has 0 radical (unpaired) electrons. The minimum Gasteiger partial charge on any atom is -0.493 e. The van der Waals surface area contributed by atoms with Crippen LogP contribution in [0.5, 0.6) is 5.75 Å². The Morgan fingerprint density at radius 3 is 3.27 bits per heavy atom. The first-order valence-electron chi connectivity index (χ1n) is 5.07. The van der Waals surface area contributed by atoms with Crippen LogP contribution in [0.4, 0.5) is 0 Å². The molecule has 0 fully saturated rings. The van der Waals surface area contributed by atoms with Crippen molar-refractivity contribution in [1.29, 1.82) is 0 Å². The van der Waals surface area contributed by atoms with E-state index in [1.807, 2.05) is 17.8 Å². The SMILES string of the molecule is N[C@H]1CSCc2c3c(cc(Cl)c21)CCO3. The van der Waals surface area contributed by atoms with Crippen molar-refractivity contribution in [3.05, 3.63) is 27.8 Å². The second-order valence-corrected chi connectivity index (χ2v) is 5.40. The third-order valence-corrected chi connectivity index (χ3v) is 4.38. The Kier molecular flexibility index (Phi) is 2.34. The highest BCUT2D eigenvalue weighted by atomic mass is 35.5. The van der Waals surface area contributed by atoms with Crippen molar-refractivity contribution in [2.75, 3.05) is 12.4 Å². The molecule has 15 heavy (non-hydrogen) atoms. The maximum atomic E-state index is 6.28. The molecule has 0 saturated carbocycles. The maximum Gasteiger partial charge on any atom is 0.127 e. The molecule has 2 N–H and O–H groups in total. The molecule has 2 nitrogen and oxygen atoms in total. The van der Waals surface area contributed by atoms with Crippen LogP contribution >= 0.6 is 23.4 Å². The predicted octanol–water partition coefficient (Wildman–Crippen LogP) is 2.52. The van der Waals surface area contributed by atoms with Gasteiger partial charge in [-0.15, -0.1) is 0 Å². The molecular formula is C11H12ClNOS. The number of fused-ring (bicyclic) bond motifs is 3. The van der Waals surface area contributed by atoms with Gasteiger partial charge in [-0.2, -0.15) is 11.8 Å². The van der Waals surface area contributed by atoms with E-state index in [2.05, 4.69) is 0 Å². The van der Waals surface area contributed by atoms with Gasteiger partial charge in [0, 0.05) is 34.6 Å². The van der Waals surface area contributed by atoms with Crippen LogP contribution in [0.1, 0.15) is 22.7 Å². The molecule has 0 aliphatic carbocycles. The number of ether oxygens (including phenoxy) is 1. The van der Waals surface area contributed by atoms with Gasteiger partial charge in [0.15, 0.2) is 0 Å². The highest BCUT2D eigenvalue weighted by Crippen LogP contribution is 2.44. The maximum absolute atomic E-state index is 6.28. The molecular weight excluding hydrogens is 230 g/mol. The van der Waals surface area contributed by atoms with E-state index in [1.165, 1.54) is 11.1 Å².